The van der Waals surface area contributed by atoms with Crippen molar-refractivity contribution in [3.05, 3.63) is 95.6 Å². The summed E-state index contributed by atoms with van der Waals surface area (Å²) < 4.78 is 5.53. The van der Waals surface area contributed by atoms with Crippen LogP contribution in [0.5, 0.6) is 0 Å². The summed E-state index contributed by atoms with van der Waals surface area (Å²) in [6.45, 7) is -0.412. The average Bonchev–Trinajstić information content (AvgIpc) is 3.18. The number of aliphatic carboxylic acids is 1. The van der Waals surface area contributed by atoms with Crippen LogP contribution in [0.25, 0.3) is 11.1 Å². The predicted molar refractivity (Wildman–Crippen MR) is 124 cm³/mol. The summed E-state index contributed by atoms with van der Waals surface area (Å²) in [5, 5.41) is 23.2. The molecule has 174 valence electrons. The molecule has 3 aromatic rings. The number of fused-ring (bicyclic) bond motifs is 3. The molecule has 1 aliphatic rings. The van der Waals surface area contributed by atoms with Gasteiger partial charge in [-0.25, -0.2) is 9.59 Å². The highest BCUT2D eigenvalue weighted by Gasteiger charge is 2.30. The number of nitrogens with one attached hydrogen (secondary N) is 2. The van der Waals surface area contributed by atoms with Gasteiger partial charge in [-0.3, -0.25) is 4.79 Å². The lowest BCUT2D eigenvalue weighted by Gasteiger charge is -2.20. The molecule has 0 saturated carbocycles. The van der Waals surface area contributed by atoms with Gasteiger partial charge < -0.3 is 25.6 Å². The van der Waals surface area contributed by atoms with Crippen molar-refractivity contribution in [3.8, 4) is 11.1 Å². The van der Waals surface area contributed by atoms with Gasteiger partial charge in [-0.1, -0.05) is 78.9 Å². The van der Waals surface area contributed by atoms with Crippen LogP contribution in [0.15, 0.2) is 78.9 Å². The van der Waals surface area contributed by atoms with E-state index in [-0.39, 0.29) is 12.5 Å². The fraction of sp³-hybridized carbons (Fsp3) is 0.192. The second kappa shape index (κ2) is 10.2. The number of aliphatic hydroxyl groups excluding tert-OH is 1. The maximum Gasteiger partial charge on any atom is 0.408 e. The molecular formula is C26H24N2O6. The summed E-state index contributed by atoms with van der Waals surface area (Å²) in [7, 11) is 0. The van der Waals surface area contributed by atoms with Gasteiger partial charge in [-0.15, -0.1) is 0 Å². The van der Waals surface area contributed by atoms with Crippen LogP contribution in [0.3, 0.4) is 0 Å². The van der Waals surface area contributed by atoms with Crippen LogP contribution in [0.1, 0.15) is 28.7 Å². The average molecular weight is 460 g/mol. The Morgan fingerprint density at radius 2 is 1.41 bits per heavy atom. The molecule has 3 aromatic carbocycles. The lowest BCUT2D eigenvalue weighted by Crippen LogP contribution is -2.44. The van der Waals surface area contributed by atoms with Crippen LogP contribution in [0.4, 0.5) is 4.79 Å². The summed E-state index contributed by atoms with van der Waals surface area (Å²) in [6, 6.07) is 23.3. The Hall–Kier alpha value is -4.17. The minimum absolute atomic E-state index is 0.0840. The summed E-state index contributed by atoms with van der Waals surface area (Å²) in [4.78, 5) is 36.2. The molecule has 8 heteroatoms. The number of hydrogen-bond acceptors (Lipinski definition) is 5. The van der Waals surface area contributed by atoms with Crippen molar-refractivity contribution in [3.63, 3.8) is 0 Å². The molecule has 0 aromatic heterocycles. The molecule has 0 saturated heterocycles. The van der Waals surface area contributed by atoms with Crippen LogP contribution >= 0.6 is 0 Å². The van der Waals surface area contributed by atoms with E-state index >= 15 is 0 Å². The van der Waals surface area contributed by atoms with Crippen molar-refractivity contribution < 1.29 is 29.3 Å². The van der Waals surface area contributed by atoms with Gasteiger partial charge in [0.2, 0.25) is 5.91 Å². The molecule has 34 heavy (non-hydrogen) atoms. The molecule has 0 bridgehead atoms. The zero-order valence-corrected chi connectivity index (χ0v) is 18.2. The molecule has 0 heterocycles. The number of benzene rings is 3. The van der Waals surface area contributed by atoms with E-state index in [0.717, 1.165) is 22.3 Å². The number of aliphatic hydroxyl groups is 1. The first-order chi connectivity index (χ1) is 16.5. The molecule has 2 amide bonds. The van der Waals surface area contributed by atoms with Crippen molar-refractivity contribution >= 4 is 18.0 Å². The number of ether oxygens (including phenoxy) is 1. The highest BCUT2D eigenvalue weighted by molar-refractivity contribution is 5.87. The monoisotopic (exact) mass is 460 g/mol. The third-order valence-electron chi connectivity index (χ3n) is 5.76. The number of amides is 2. The minimum atomic E-state index is -1.75. The maximum absolute atomic E-state index is 12.7. The molecule has 0 aliphatic heterocycles. The molecule has 0 fully saturated rings. The van der Waals surface area contributed by atoms with Crippen LogP contribution in [-0.2, 0) is 14.3 Å². The van der Waals surface area contributed by atoms with Gasteiger partial charge in [0.15, 0.2) is 6.10 Å². The zero-order valence-electron chi connectivity index (χ0n) is 18.2. The Morgan fingerprint density at radius 3 is 2.00 bits per heavy atom. The van der Waals surface area contributed by atoms with E-state index in [2.05, 4.69) is 10.6 Å². The molecule has 4 rings (SSSR count). The van der Waals surface area contributed by atoms with Crippen molar-refractivity contribution in [1.29, 1.82) is 0 Å². The highest BCUT2D eigenvalue weighted by atomic mass is 16.5. The number of rotatable bonds is 8. The largest absolute Gasteiger partial charge is 0.479 e. The van der Waals surface area contributed by atoms with Gasteiger partial charge in [0.05, 0.1) is 6.54 Å². The summed E-state index contributed by atoms with van der Waals surface area (Å²) in [5.74, 6) is -2.26. The Morgan fingerprint density at radius 1 is 0.853 bits per heavy atom. The van der Waals surface area contributed by atoms with Gasteiger partial charge >= 0.3 is 12.1 Å². The van der Waals surface area contributed by atoms with Crippen LogP contribution in [0.2, 0.25) is 0 Å². The van der Waals surface area contributed by atoms with E-state index < -0.39 is 36.7 Å². The van der Waals surface area contributed by atoms with Gasteiger partial charge in [0, 0.05) is 5.92 Å². The Labute approximate surface area is 196 Å². The highest BCUT2D eigenvalue weighted by Crippen LogP contribution is 2.44. The van der Waals surface area contributed by atoms with Crippen molar-refractivity contribution in [1.82, 2.24) is 10.6 Å². The first kappa shape index (κ1) is 23.0. The first-order valence-electron chi connectivity index (χ1n) is 10.8. The summed E-state index contributed by atoms with van der Waals surface area (Å²) >= 11 is 0. The van der Waals surface area contributed by atoms with Gasteiger partial charge in [-0.2, -0.15) is 0 Å². The Kier molecular flexibility index (Phi) is 6.89. The molecule has 2 atom stereocenters. The second-order valence-corrected chi connectivity index (χ2v) is 7.91. The molecule has 1 aliphatic carbocycles. The summed E-state index contributed by atoms with van der Waals surface area (Å²) in [5.41, 5.74) is 4.82. The lowest BCUT2D eigenvalue weighted by atomic mass is 9.98. The number of alkyl carbamates (subject to hydrolysis) is 1. The van der Waals surface area contributed by atoms with Gasteiger partial charge in [0.25, 0.3) is 0 Å². The normalized spacial score (nSPS) is 13.8. The van der Waals surface area contributed by atoms with Gasteiger partial charge in [0.1, 0.15) is 12.6 Å². The van der Waals surface area contributed by atoms with Crippen LogP contribution < -0.4 is 10.6 Å². The predicted octanol–water partition coefficient (Wildman–Crippen LogP) is 2.83. The minimum Gasteiger partial charge on any atom is -0.479 e. The van der Waals surface area contributed by atoms with E-state index in [1.165, 1.54) is 0 Å². The van der Waals surface area contributed by atoms with Crippen molar-refractivity contribution in [2.75, 3.05) is 13.2 Å². The van der Waals surface area contributed by atoms with Crippen molar-refractivity contribution in [2.45, 2.75) is 18.1 Å². The van der Waals surface area contributed by atoms with Crippen LogP contribution in [0, 0.1) is 0 Å². The quantitative estimate of drug-likeness (QED) is 0.410. The number of carboxylic acid groups (broad SMARTS) is 1. The molecule has 8 nitrogen and oxygen atoms in total. The number of carbonyl (C=O) groups is 3. The van der Waals surface area contributed by atoms with E-state index in [9.17, 15) is 19.5 Å². The lowest BCUT2D eigenvalue weighted by molar-refractivity contribution is -0.146. The number of carboxylic acids is 1. The smallest absolute Gasteiger partial charge is 0.408 e. The fourth-order valence-electron chi connectivity index (χ4n) is 4.09. The maximum atomic E-state index is 12.7. The topological polar surface area (TPSA) is 125 Å². The number of carbonyl (C=O) groups excluding carboxylic acids is 2. The summed E-state index contributed by atoms with van der Waals surface area (Å²) in [6.07, 6.45) is -2.54. The molecule has 0 radical (unpaired) electrons. The third-order valence-corrected chi connectivity index (χ3v) is 5.76. The fourth-order valence-corrected chi connectivity index (χ4v) is 4.09. The van der Waals surface area contributed by atoms with E-state index in [4.69, 9.17) is 9.84 Å². The van der Waals surface area contributed by atoms with Crippen LogP contribution in [-0.4, -0.2) is 47.4 Å². The third kappa shape index (κ3) is 4.92. The van der Waals surface area contributed by atoms with Gasteiger partial charge in [-0.05, 0) is 27.8 Å². The zero-order chi connectivity index (χ0) is 24.1. The second-order valence-electron chi connectivity index (χ2n) is 7.91. The molecular weight excluding hydrogens is 436 g/mol. The standard InChI is InChI=1S/C26H24N2O6/c29-22(25(31)32)14-27-24(30)23(16-8-2-1-3-9-16)28-26(33)34-15-21-19-12-6-4-10-17(19)18-11-5-7-13-20(18)21/h1-13,21-23,29H,14-15H2,(H,27,30)(H,28,33)(H,31,32)/t22-,23+/m0/s1. The van der Waals surface area contributed by atoms with E-state index in [0.29, 0.717) is 5.56 Å². The molecule has 0 unspecified atom stereocenters. The Balaban J connectivity index is 1.45. The Bertz CT molecular complexity index is 1150. The van der Waals surface area contributed by atoms with Crippen molar-refractivity contribution in [2.24, 2.45) is 0 Å². The SMILES string of the molecule is O=C(N[C@@H](C(=O)NC[C@H](O)C(=O)O)c1ccccc1)OCC1c2ccccc2-c2ccccc21. The first-order valence-corrected chi connectivity index (χ1v) is 10.8. The van der Waals surface area contributed by atoms with E-state index in [1.54, 1.807) is 30.3 Å². The molecule has 0 spiro atoms. The van der Waals surface area contributed by atoms with E-state index in [1.807, 2.05) is 48.5 Å². The molecule has 4 N–H and O–H groups in total. The number of hydrogen-bond donors (Lipinski definition) is 4.